The first-order valence-electron chi connectivity index (χ1n) is 7.90. The second kappa shape index (κ2) is 8.78. The number of rotatable bonds is 9. The number of hydrogen-bond acceptors (Lipinski definition) is 4. The van der Waals surface area contributed by atoms with Crippen molar-refractivity contribution in [2.24, 2.45) is 0 Å². The number of para-hydroxylation sites is 1. The summed E-state index contributed by atoms with van der Waals surface area (Å²) in [6, 6.07) is 14.7. The first-order chi connectivity index (χ1) is 11.2. The SMILES string of the molecule is CCCCCNc1cccc(OCc2ccccc2)c1[N+](=O)[O-]. The maximum absolute atomic E-state index is 11.4. The van der Waals surface area contributed by atoms with Crippen molar-refractivity contribution in [2.75, 3.05) is 11.9 Å². The Hall–Kier alpha value is -2.56. The minimum absolute atomic E-state index is 0.0000652. The molecule has 122 valence electrons. The molecule has 0 saturated carbocycles. The summed E-state index contributed by atoms with van der Waals surface area (Å²) in [7, 11) is 0. The lowest BCUT2D eigenvalue weighted by Gasteiger charge is -2.11. The molecule has 0 bridgehead atoms. The Morgan fingerprint density at radius 1 is 1.09 bits per heavy atom. The van der Waals surface area contributed by atoms with Gasteiger partial charge in [0.25, 0.3) is 0 Å². The third kappa shape index (κ3) is 4.98. The van der Waals surface area contributed by atoms with Crippen LogP contribution in [0.5, 0.6) is 5.75 Å². The van der Waals surface area contributed by atoms with Crippen LogP contribution >= 0.6 is 0 Å². The lowest BCUT2D eigenvalue weighted by molar-refractivity contribution is -0.385. The van der Waals surface area contributed by atoms with Gasteiger partial charge < -0.3 is 10.1 Å². The number of hydrogen-bond donors (Lipinski definition) is 1. The highest BCUT2D eigenvalue weighted by atomic mass is 16.6. The summed E-state index contributed by atoms with van der Waals surface area (Å²) in [4.78, 5) is 11.0. The van der Waals surface area contributed by atoms with Crippen molar-refractivity contribution in [3.8, 4) is 5.75 Å². The van der Waals surface area contributed by atoms with Crippen LogP contribution in [0.4, 0.5) is 11.4 Å². The molecular weight excluding hydrogens is 292 g/mol. The normalized spacial score (nSPS) is 10.3. The van der Waals surface area contributed by atoms with Crippen LogP contribution in [0.25, 0.3) is 0 Å². The number of nitrogens with zero attached hydrogens (tertiary/aromatic N) is 1. The van der Waals surface area contributed by atoms with Gasteiger partial charge in [0, 0.05) is 6.54 Å². The van der Waals surface area contributed by atoms with Crippen molar-refractivity contribution in [1.82, 2.24) is 0 Å². The highest BCUT2D eigenvalue weighted by Gasteiger charge is 2.20. The van der Waals surface area contributed by atoms with Gasteiger partial charge in [0.2, 0.25) is 0 Å². The van der Waals surface area contributed by atoms with Crippen LogP contribution in [0.3, 0.4) is 0 Å². The Bertz CT molecular complexity index is 629. The van der Waals surface area contributed by atoms with E-state index in [-0.39, 0.29) is 10.6 Å². The Morgan fingerprint density at radius 2 is 1.87 bits per heavy atom. The van der Waals surface area contributed by atoms with Crippen LogP contribution in [0.1, 0.15) is 31.7 Å². The van der Waals surface area contributed by atoms with Crippen molar-refractivity contribution >= 4 is 11.4 Å². The molecule has 0 aliphatic rings. The molecule has 0 saturated heterocycles. The summed E-state index contributed by atoms with van der Waals surface area (Å²) in [6.07, 6.45) is 3.21. The minimum Gasteiger partial charge on any atom is -0.482 e. The van der Waals surface area contributed by atoms with E-state index in [1.165, 1.54) is 0 Å². The summed E-state index contributed by atoms with van der Waals surface area (Å²) in [5, 5.41) is 14.6. The van der Waals surface area contributed by atoms with Gasteiger partial charge in [-0.3, -0.25) is 10.1 Å². The zero-order valence-corrected chi connectivity index (χ0v) is 13.3. The highest BCUT2D eigenvalue weighted by molar-refractivity contribution is 5.68. The van der Waals surface area contributed by atoms with Crippen molar-refractivity contribution in [2.45, 2.75) is 32.8 Å². The third-order valence-corrected chi connectivity index (χ3v) is 3.51. The number of unbranched alkanes of at least 4 members (excludes halogenated alkanes) is 2. The number of benzene rings is 2. The van der Waals surface area contributed by atoms with Crippen LogP contribution in [0, 0.1) is 10.1 Å². The molecule has 2 rings (SSSR count). The van der Waals surface area contributed by atoms with E-state index >= 15 is 0 Å². The molecule has 0 radical (unpaired) electrons. The molecule has 0 spiro atoms. The molecule has 1 N–H and O–H groups in total. The molecule has 23 heavy (non-hydrogen) atoms. The fraction of sp³-hybridized carbons (Fsp3) is 0.333. The van der Waals surface area contributed by atoms with Gasteiger partial charge in [0.1, 0.15) is 12.3 Å². The van der Waals surface area contributed by atoms with E-state index in [4.69, 9.17) is 4.74 Å². The average molecular weight is 314 g/mol. The highest BCUT2D eigenvalue weighted by Crippen LogP contribution is 2.35. The van der Waals surface area contributed by atoms with E-state index in [0.29, 0.717) is 18.0 Å². The van der Waals surface area contributed by atoms with Crippen molar-refractivity contribution in [3.63, 3.8) is 0 Å². The van der Waals surface area contributed by atoms with Crippen LogP contribution in [0.2, 0.25) is 0 Å². The van der Waals surface area contributed by atoms with E-state index in [2.05, 4.69) is 12.2 Å². The van der Waals surface area contributed by atoms with Gasteiger partial charge >= 0.3 is 5.69 Å². The molecule has 2 aromatic carbocycles. The molecule has 0 amide bonds. The lowest BCUT2D eigenvalue weighted by Crippen LogP contribution is -2.06. The van der Waals surface area contributed by atoms with Crippen LogP contribution in [0.15, 0.2) is 48.5 Å². The third-order valence-electron chi connectivity index (χ3n) is 3.51. The predicted octanol–water partition coefficient (Wildman–Crippen LogP) is 4.78. The van der Waals surface area contributed by atoms with Gasteiger partial charge in [-0.1, -0.05) is 56.2 Å². The summed E-state index contributed by atoms with van der Waals surface area (Å²) < 4.78 is 5.67. The summed E-state index contributed by atoms with van der Waals surface area (Å²) in [5.41, 5.74) is 1.49. The zero-order chi connectivity index (χ0) is 16.5. The van der Waals surface area contributed by atoms with Crippen LogP contribution < -0.4 is 10.1 Å². The van der Waals surface area contributed by atoms with E-state index in [1.807, 2.05) is 30.3 Å². The molecular formula is C18H22N2O3. The first kappa shape index (κ1) is 16.8. The fourth-order valence-electron chi connectivity index (χ4n) is 2.30. The van der Waals surface area contributed by atoms with Gasteiger partial charge in [-0.25, -0.2) is 0 Å². The van der Waals surface area contributed by atoms with E-state index in [1.54, 1.807) is 18.2 Å². The van der Waals surface area contributed by atoms with Gasteiger partial charge in [-0.2, -0.15) is 0 Å². The minimum atomic E-state index is -0.386. The number of anilines is 1. The Balaban J connectivity index is 2.10. The van der Waals surface area contributed by atoms with Crippen molar-refractivity contribution < 1.29 is 9.66 Å². The molecule has 5 heteroatoms. The number of nitrogens with one attached hydrogen (secondary N) is 1. The maximum atomic E-state index is 11.4. The summed E-state index contributed by atoms with van der Waals surface area (Å²) >= 11 is 0. The molecule has 5 nitrogen and oxygen atoms in total. The number of ether oxygens (including phenoxy) is 1. The second-order valence-electron chi connectivity index (χ2n) is 5.32. The largest absolute Gasteiger partial charge is 0.482 e. The molecule has 0 aromatic heterocycles. The number of nitro groups is 1. The summed E-state index contributed by atoms with van der Waals surface area (Å²) in [5.74, 6) is 0.291. The second-order valence-corrected chi connectivity index (χ2v) is 5.32. The monoisotopic (exact) mass is 314 g/mol. The predicted molar refractivity (Wildman–Crippen MR) is 91.9 cm³/mol. The average Bonchev–Trinajstić information content (AvgIpc) is 2.57. The van der Waals surface area contributed by atoms with E-state index in [0.717, 1.165) is 31.4 Å². The first-order valence-corrected chi connectivity index (χ1v) is 7.90. The molecule has 0 heterocycles. The quantitative estimate of drug-likeness (QED) is 0.411. The topological polar surface area (TPSA) is 64.4 Å². The molecule has 0 aliphatic heterocycles. The summed E-state index contributed by atoms with van der Waals surface area (Å²) in [6.45, 7) is 3.15. The molecule has 0 fully saturated rings. The standard InChI is InChI=1S/C18H22N2O3/c1-2-3-7-13-19-16-11-8-12-17(18(16)20(21)22)23-14-15-9-5-4-6-10-15/h4-6,8-12,19H,2-3,7,13-14H2,1H3. The molecule has 2 aromatic rings. The molecule has 0 atom stereocenters. The Morgan fingerprint density at radius 3 is 2.57 bits per heavy atom. The molecule has 0 unspecified atom stereocenters. The van der Waals surface area contributed by atoms with Crippen LogP contribution in [-0.2, 0) is 6.61 Å². The van der Waals surface area contributed by atoms with Crippen molar-refractivity contribution in [3.05, 3.63) is 64.2 Å². The van der Waals surface area contributed by atoms with Crippen LogP contribution in [-0.4, -0.2) is 11.5 Å². The Kier molecular flexibility index (Phi) is 6.41. The smallest absolute Gasteiger partial charge is 0.333 e. The van der Waals surface area contributed by atoms with E-state index in [9.17, 15) is 10.1 Å². The van der Waals surface area contributed by atoms with Crippen molar-refractivity contribution in [1.29, 1.82) is 0 Å². The number of nitro benzene ring substituents is 1. The fourth-order valence-corrected chi connectivity index (χ4v) is 2.30. The lowest BCUT2D eigenvalue weighted by atomic mass is 10.2. The maximum Gasteiger partial charge on any atom is 0.333 e. The van der Waals surface area contributed by atoms with E-state index < -0.39 is 0 Å². The molecule has 0 aliphatic carbocycles. The van der Waals surface area contributed by atoms with Gasteiger partial charge in [0.15, 0.2) is 5.75 Å². The van der Waals surface area contributed by atoms with Gasteiger partial charge in [0.05, 0.1) is 4.92 Å². The Labute approximate surface area is 136 Å². The zero-order valence-electron chi connectivity index (χ0n) is 13.3. The van der Waals surface area contributed by atoms with Gasteiger partial charge in [-0.05, 0) is 24.1 Å². The van der Waals surface area contributed by atoms with Gasteiger partial charge in [-0.15, -0.1) is 0 Å².